The molecular weight excluding hydrogens is 200 g/mol. The van der Waals surface area contributed by atoms with Crippen LogP contribution in [0.1, 0.15) is 30.7 Å². The van der Waals surface area contributed by atoms with Gasteiger partial charge in [-0.1, -0.05) is 6.42 Å². The minimum atomic E-state index is 0.354. The van der Waals surface area contributed by atoms with E-state index in [1.54, 1.807) is 6.20 Å². The number of nitrogens with zero attached hydrogens (tertiary/aromatic N) is 2. The zero-order chi connectivity index (χ0) is 11.5. The Labute approximate surface area is 96.7 Å². The van der Waals surface area contributed by atoms with Gasteiger partial charge >= 0.3 is 0 Å². The maximum Gasteiger partial charge on any atom is 0.144 e. The van der Waals surface area contributed by atoms with Crippen molar-refractivity contribution in [2.75, 3.05) is 11.9 Å². The normalized spacial score (nSPS) is 24.7. The minimum Gasteiger partial charge on any atom is -0.368 e. The second-order valence-electron chi connectivity index (χ2n) is 4.66. The van der Waals surface area contributed by atoms with Gasteiger partial charge in [-0.15, -0.1) is 0 Å². The summed E-state index contributed by atoms with van der Waals surface area (Å²) in [7, 11) is 0. The Hall–Kier alpha value is -1.16. The highest BCUT2D eigenvalue weighted by molar-refractivity contribution is 5.33. The quantitative estimate of drug-likeness (QED) is 0.812. The monoisotopic (exact) mass is 220 g/mol. The molecule has 4 nitrogen and oxygen atoms in total. The van der Waals surface area contributed by atoms with Gasteiger partial charge in [0.15, 0.2) is 0 Å². The summed E-state index contributed by atoms with van der Waals surface area (Å²) in [6.07, 6.45) is 5.44. The SMILES string of the molecule is Cc1ncc(NCC2CCCC2N)nc1C. The molecule has 0 spiro atoms. The number of rotatable bonds is 3. The molecule has 0 aromatic carbocycles. The van der Waals surface area contributed by atoms with Crippen molar-refractivity contribution in [1.82, 2.24) is 9.97 Å². The summed E-state index contributed by atoms with van der Waals surface area (Å²) in [4.78, 5) is 8.73. The zero-order valence-corrected chi connectivity index (χ0v) is 10.0. The van der Waals surface area contributed by atoms with Crippen LogP contribution in [0, 0.1) is 19.8 Å². The van der Waals surface area contributed by atoms with Crippen molar-refractivity contribution in [3.8, 4) is 0 Å². The Morgan fingerprint density at radius 2 is 2.19 bits per heavy atom. The Morgan fingerprint density at radius 1 is 1.38 bits per heavy atom. The molecule has 0 radical (unpaired) electrons. The molecule has 4 heteroatoms. The molecule has 1 fully saturated rings. The van der Waals surface area contributed by atoms with Gasteiger partial charge in [-0.05, 0) is 32.6 Å². The fraction of sp³-hybridized carbons (Fsp3) is 0.667. The number of hydrogen-bond donors (Lipinski definition) is 2. The maximum absolute atomic E-state index is 6.02. The number of aryl methyl sites for hydroxylation is 2. The van der Waals surface area contributed by atoms with Crippen molar-refractivity contribution in [1.29, 1.82) is 0 Å². The van der Waals surface area contributed by atoms with E-state index in [1.807, 2.05) is 13.8 Å². The van der Waals surface area contributed by atoms with Crippen molar-refractivity contribution in [3.05, 3.63) is 17.6 Å². The lowest BCUT2D eigenvalue weighted by molar-refractivity contribution is 0.504. The molecular formula is C12H20N4. The van der Waals surface area contributed by atoms with Crippen LogP contribution in [-0.4, -0.2) is 22.6 Å². The highest BCUT2D eigenvalue weighted by Crippen LogP contribution is 2.24. The molecule has 0 amide bonds. The molecule has 1 aliphatic carbocycles. The van der Waals surface area contributed by atoms with Crippen LogP contribution in [0.15, 0.2) is 6.20 Å². The van der Waals surface area contributed by atoms with E-state index in [0.717, 1.165) is 30.2 Å². The molecule has 3 N–H and O–H groups in total. The number of nitrogens with one attached hydrogen (secondary N) is 1. The summed E-state index contributed by atoms with van der Waals surface area (Å²) in [5.74, 6) is 1.45. The predicted octanol–water partition coefficient (Wildman–Crippen LogP) is 1.63. The first kappa shape index (κ1) is 11.3. The van der Waals surface area contributed by atoms with Crippen molar-refractivity contribution in [3.63, 3.8) is 0 Å². The van der Waals surface area contributed by atoms with E-state index < -0.39 is 0 Å². The summed E-state index contributed by atoms with van der Waals surface area (Å²) in [5.41, 5.74) is 8.00. The molecule has 2 unspecified atom stereocenters. The highest BCUT2D eigenvalue weighted by Gasteiger charge is 2.23. The van der Waals surface area contributed by atoms with E-state index in [2.05, 4.69) is 15.3 Å². The van der Waals surface area contributed by atoms with Crippen molar-refractivity contribution in [2.45, 2.75) is 39.2 Å². The molecule has 1 heterocycles. The molecule has 0 bridgehead atoms. The molecule has 2 rings (SSSR count). The third kappa shape index (κ3) is 2.50. The van der Waals surface area contributed by atoms with E-state index in [0.29, 0.717) is 12.0 Å². The van der Waals surface area contributed by atoms with E-state index in [-0.39, 0.29) is 0 Å². The summed E-state index contributed by atoms with van der Waals surface area (Å²) >= 11 is 0. The van der Waals surface area contributed by atoms with Crippen molar-refractivity contribution < 1.29 is 0 Å². The summed E-state index contributed by atoms with van der Waals surface area (Å²) in [6, 6.07) is 0.354. The van der Waals surface area contributed by atoms with Gasteiger partial charge in [0, 0.05) is 12.6 Å². The van der Waals surface area contributed by atoms with Gasteiger partial charge in [0.1, 0.15) is 5.82 Å². The lowest BCUT2D eigenvalue weighted by atomic mass is 10.1. The van der Waals surface area contributed by atoms with Crippen molar-refractivity contribution in [2.24, 2.45) is 11.7 Å². The number of aromatic nitrogens is 2. The predicted molar refractivity (Wildman–Crippen MR) is 65.3 cm³/mol. The van der Waals surface area contributed by atoms with Crippen LogP contribution >= 0.6 is 0 Å². The molecule has 0 saturated heterocycles. The average Bonchev–Trinajstić information content (AvgIpc) is 2.66. The first-order valence-corrected chi connectivity index (χ1v) is 5.96. The van der Waals surface area contributed by atoms with Gasteiger partial charge in [-0.3, -0.25) is 4.98 Å². The van der Waals surface area contributed by atoms with Crippen LogP contribution in [0.2, 0.25) is 0 Å². The van der Waals surface area contributed by atoms with Gasteiger partial charge in [0.05, 0.1) is 17.6 Å². The third-order valence-electron chi connectivity index (χ3n) is 3.46. The van der Waals surface area contributed by atoms with E-state index in [1.165, 1.54) is 12.8 Å². The van der Waals surface area contributed by atoms with Crippen LogP contribution in [-0.2, 0) is 0 Å². The lowest BCUT2D eigenvalue weighted by Crippen LogP contribution is -2.29. The zero-order valence-electron chi connectivity index (χ0n) is 10.0. The van der Waals surface area contributed by atoms with Crippen LogP contribution in [0.25, 0.3) is 0 Å². The second kappa shape index (κ2) is 4.78. The standard InChI is InChI=1S/C12H20N4/c1-8-9(2)16-12(7-14-8)15-6-10-4-3-5-11(10)13/h7,10-11H,3-6,13H2,1-2H3,(H,15,16). The molecule has 1 aliphatic rings. The van der Waals surface area contributed by atoms with Crippen LogP contribution in [0.5, 0.6) is 0 Å². The van der Waals surface area contributed by atoms with Gasteiger partial charge in [0.2, 0.25) is 0 Å². The Balaban J connectivity index is 1.91. The number of hydrogen-bond acceptors (Lipinski definition) is 4. The van der Waals surface area contributed by atoms with Crippen LogP contribution < -0.4 is 11.1 Å². The van der Waals surface area contributed by atoms with Crippen molar-refractivity contribution >= 4 is 5.82 Å². The van der Waals surface area contributed by atoms with Crippen LogP contribution in [0.4, 0.5) is 5.82 Å². The number of nitrogens with two attached hydrogens (primary N) is 1. The van der Waals surface area contributed by atoms with Gasteiger partial charge in [-0.25, -0.2) is 4.98 Å². The average molecular weight is 220 g/mol. The first-order valence-electron chi connectivity index (χ1n) is 5.96. The Morgan fingerprint density at radius 3 is 2.81 bits per heavy atom. The first-order chi connectivity index (χ1) is 7.66. The molecule has 1 aromatic rings. The molecule has 1 aromatic heterocycles. The van der Waals surface area contributed by atoms with E-state index in [9.17, 15) is 0 Å². The fourth-order valence-corrected chi connectivity index (χ4v) is 2.18. The van der Waals surface area contributed by atoms with E-state index >= 15 is 0 Å². The fourth-order valence-electron chi connectivity index (χ4n) is 2.18. The lowest BCUT2D eigenvalue weighted by Gasteiger charge is -2.16. The second-order valence-corrected chi connectivity index (χ2v) is 4.66. The minimum absolute atomic E-state index is 0.354. The highest BCUT2D eigenvalue weighted by atomic mass is 15.0. The molecule has 0 aliphatic heterocycles. The molecule has 1 saturated carbocycles. The Bertz CT molecular complexity index is 364. The molecule has 16 heavy (non-hydrogen) atoms. The molecule has 2 atom stereocenters. The summed E-state index contributed by atoms with van der Waals surface area (Å²) < 4.78 is 0. The van der Waals surface area contributed by atoms with Gasteiger partial charge < -0.3 is 11.1 Å². The van der Waals surface area contributed by atoms with E-state index in [4.69, 9.17) is 5.73 Å². The topological polar surface area (TPSA) is 63.8 Å². The summed E-state index contributed by atoms with van der Waals surface area (Å²) in [6.45, 7) is 4.87. The van der Waals surface area contributed by atoms with Gasteiger partial charge in [0.25, 0.3) is 0 Å². The molecule has 88 valence electrons. The largest absolute Gasteiger partial charge is 0.368 e. The third-order valence-corrected chi connectivity index (χ3v) is 3.46. The van der Waals surface area contributed by atoms with Gasteiger partial charge in [-0.2, -0.15) is 0 Å². The smallest absolute Gasteiger partial charge is 0.144 e. The Kier molecular flexibility index (Phi) is 3.39. The van der Waals surface area contributed by atoms with Crippen LogP contribution in [0.3, 0.4) is 0 Å². The number of anilines is 1. The summed E-state index contributed by atoms with van der Waals surface area (Å²) in [5, 5.41) is 3.33. The maximum atomic E-state index is 6.02.